The lowest BCUT2D eigenvalue weighted by atomic mass is 10.1. The smallest absolute Gasteiger partial charge is 0.267 e. The Bertz CT molecular complexity index is 1090. The minimum atomic E-state index is -0.134. The summed E-state index contributed by atoms with van der Waals surface area (Å²) in [5.74, 6) is 0.686. The molecule has 2 aromatic heterocycles. The van der Waals surface area contributed by atoms with Crippen molar-refractivity contribution < 1.29 is 9.53 Å². The van der Waals surface area contributed by atoms with E-state index in [2.05, 4.69) is 28.5 Å². The Hall–Kier alpha value is -2.70. The fourth-order valence-corrected chi connectivity index (χ4v) is 4.28. The molecule has 27 heavy (non-hydrogen) atoms. The number of anilines is 1. The van der Waals surface area contributed by atoms with E-state index in [1.807, 2.05) is 49.6 Å². The molecule has 1 amide bonds. The normalized spacial score (nSPS) is 10.9. The zero-order chi connectivity index (χ0) is 18.8. The molecule has 136 valence electrons. The number of carbonyl (C=O) groups excluding carboxylic acids is 1. The van der Waals surface area contributed by atoms with Crippen molar-refractivity contribution in [2.45, 2.75) is 20.5 Å². The first-order chi connectivity index (χ1) is 13.1. The van der Waals surface area contributed by atoms with E-state index in [0.717, 1.165) is 27.3 Å². The number of nitrogens with one attached hydrogen (secondary N) is 1. The van der Waals surface area contributed by atoms with Gasteiger partial charge in [0.2, 0.25) is 0 Å². The summed E-state index contributed by atoms with van der Waals surface area (Å²) < 4.78 is 5.90. The van der Waals surface area contributed by atoms with Crippen molar-refractivity contribution >= 4 is 44.5 Å². The van der Waals surface area contributed by atoms with E-state index in [1.165, 1.54) is 28.1 Å². The van der Waals surface area contributed by atoms with Crippen molar-refractivity contribution in [2.75, 3.05) is 5.32 Å². The van der Waals surface area contributed by atoms with Crippen LogP contribution in [0.5, 0.6) is 5.75 Å². The molecule has 0 unspecified atom stereocenters. The fraction of sp³-hybridized carbons (Fsp3) is 0.143. The van der Waals surface area contributed by atoms with Crippen molar-refractivity contribution in [3.05, 3.63) is 74.9 Å². The molecule has 4 rings (SSSR count). The molecule has 0 radical (unpaired) electrons. The minimum absolute atomic E-state index is 0.134. The molecule has 0 saturated carbocycles. The highest BCUT2D eigenvalue weighted by molar-refractivity contribution is 7.16. The number of carbonyl (C=O) groups is 1. The fourth-order valence-electron chi connectivity index (χ4n) is 2.68. The Morgan fingerprint density at radius 1 is 1.11 bits per heavy atom. The molecule has 0 atom stereocenters. The first-order valence-electron chi connectivity index (χ1n) is 8.53. The van der Waals surface area contributed by atoms with Crippen LogP contribution < -0.4 is 10.1 Å². The lowest BCUT2D eigenvalue weighted by molar-refractivity contribution is 0.103. The van der Waals surface area contributed by atoms with Crippen LogP contribution in [0.2, 0.25) is 0 Å². The molecule has 4 aromatic rings. The van der Waals surface area contributed by atoms with E-state index >= 15 is 0 Å². The van der Waals surface area contributed by atoms with E-state index in [1.54, 1.807) is 0 Å². The van der Waals surface area contributed by atoms with Crippen LogP contribution in [0.3, 0.4) is 0 Å². The zero-order valence-electron chi connectivity index (χ0n) is 15.0. The molecule has 0 aliphatic carbocycles. The molecule has 0 bridgehead atoms. The third-order valence-electron chi connectivity index (χ3n) is 4.25. The van der Waals surface area contributed by atoms with Gasteiger partial charge in [-0.15, -0.1) is 22.7 Å². The van der Waals surface area contributed by atoms with Gasteiger partial charge < -0.3 is 4.74 Å². The van der Waals surface area contributed by atoms with Gasteiger partial charge in [-0.2, -0.15) is 0 Å². The van der Waals surface area contributed by atoms with Gasteiger partial charge in [0.15, 0.2) is 5.13 Å². The Labute approximate surface area is 165 Å². The molecule has 0 aliphatic rings. The summed E-state index contributed by atoms with van der Waals surface area (Å²) in [6, 6.07) is 16.1. The van der Waals surface area contributed by atoms with E-state index in [9.17, 15) is 4.79 Å². The summed E-state index contributed by atoms with van der Waals surface area (Å²) in [5.41, 5.74) is 1.93. The number of thiazole rings is 1. The van der Waals surface area contributed by atoms with Crippen LogP contribution in [0.1, 0.15) is 25.8 Å². The number of benzene rings is 2. The molecule has 0 aliphatic heterocycles. The van der Waals surface area contributed by atoms with Crippen LogP contribution in [0.25, 0.3) is 10.8 Å². The lowest BCUT2D eigenvalue weighted by Gasteiger charge is -2.06. The average Bonchev–Trinajstić information content (AvgIpc) is 3.26. The van der Waals surface area contributed by atoms with E-state index < -0.39 is 0 Å². The Kier molecular flexibility index (Phi) is 4.92. The molecular weight excluding hydrogens is 376 g/mol. The largest absolute Gasteiger partial charge is 0.489 e. The summed E-state index contributed by atoms with van der Waals surface area (Å²) in [4.78, 5) is 18.5. The van der Waals surface area contributed by atoms with E-state index in [0.29, 0.717) is 16.6 Å². The Balaban J connectivity index is 1.40. The first-order valence-corrected chi connectivity index (χ1v) is 10.2. The van der Waals surface area contributed by atoms with Gasteiger partial charge >= 0.3 is 0 Å². The van der Waals surface area contributed by atoms with Crippen LogP contribution in [0, 0.1) is 13.8 Å². The van der Waals surface area contributed by atoms with Crippen LogP contribution in [0.15, 0.2) is 53.9 Å². The van der Waals surface area contributed by atoms with Gasteiger partial charge in [-0.25, -0.2) is 4.98 Å². The van der Waals surface area contributed by atoms with E-state index in [-0.39, 0.29) is 5.91 Å². The zero-order valence-corrected chi connectivity index (χ0v) is 16.6. The van der Waals surface area contributed by atoms with Gasteiger partial charge in [0, 0.05) is 10.4 Å². The molecule has 2 aromatic carbocycles. The van der Waals surface area contributed by atoms with Crippen LogP contribution in [-0.4, -0.2) is 10.9 Å². The molecule has 2 heterocycles. The van der Waals surface area contributed by atoms with Gasteiger partial charge in [-0.05, 0) is 48.2 Å². The van der Waals surface area contributed by atoms with Crippen molar-refractivity contribution in [1.82, 2.24) is 4.98 Å². The monoisotopic (exact) mass is 394 g/mol. The minimum Gasteiger partial charge on any atom is -0.489 e. The second-order valence-corrected chi connectivity index (χ2v) is 8.35. The summed E-state index contributed by atoms with van der Waals surface area (Å²) in [6.45, 7) is 4.36. The number of aryl methyl sites for hydroxylation is 2. The number of aromatic nitrogens is 1. The predicted molar refractivity (Wildman–Crippen MR) is 112 cm³/mol. The number of hydrogen-bond donors (Lipinski definition) is 1. The molecule has 0 saturated heterocycles. The number of nitrogens with zero attached hydrogens (tertiary/aromatic N) is 1. The van der Waals surface area contributed by atoms with Crippen molar-refractivity contribution in [1.29, 1.82) is 0 Å². The standard InChI is InChI=1S/C21H18N2O2S2/c1-13-14(2)27-21(22-13)23-20(24)19-9-15(12-26-19)11-25-18-8-7-16-5-3-4-6-17(16)10-18/h3-10,12H,11H2,1-2H3,(H,22,23,24). The number of fused-ring (bicyclic) bond motifs is 1. The summed E-state index contributed by atoms with van der Waals surface area (Å²) in [5, 5.41) is 7.79. The van der Waals surface area contributed by atoms with Crippen LogP contribution in [0.4, 0.5) is 5.13 Å². The van der Waals surface area contributed by atoms with Crippen LogP contribution >= 0.6 is 22.7 Å². The molecule has 4 nitrogen and oxygen atoms in total. The van der Waals surface area contributed by atoms with E-state index in [4.69, 9.17) is 4.74 Å². The number of thiophene rings is 1. The second-order valence-electron chi connectivity index (χ2n) is 6.23. The molecule has 0 fully saturated rings. The highest BCUT2D eigenvalue weighted by Crippen LogP contribution is 2.25. The quantitative estimate of drug-likeness (QED) is 0.465. The van der Waals surface area contributed by atoms with Crippen LogP contribution in [-0.2, 0) is 6.61 Å². The summed E-state index contributed by atoms with van der Waals surface area (Å²) >= 11 is 2.90. The number of amides is 1. The average molecular weight is 395 g/mol. The maximum Gasteiger partial charge on any atom is 0.267 e. The highest BCUT2D eigenvalue weighted by Gasteiger charge is 2.13. The number of rotatable bonds is 5. The van der Waals surface area contributed by atoms with Gasteiger partial charge in [0.1, 0.15) is 12.4 Å². The Morgan fingerprint density at radius 2 is 1.93 bits per heavy atom. The number of hydrogen-bond acceptors (Lipinski definition) is 5. The van der Waals surface area contributed by atoms with Crippen molar-refractivity contribution in [3.8, 4) is 5.75 Å². The Morgan fingerprint density at radius 3 is 2.70 bits per heavy atom. The summed E-state index contributed by atoms with van der Waals surface area (Å²) in [7, 11) is 0. The third kappa shape index (κ3) is 4.02. The van der Waals surface area contributed by atoms with Crippen molar-refractivity contribution in [2.24, 2.45) is 0 Å². The number of ether oxygens (including phenoxy) is 1. The maximum absolute atomic E-state index is 12.4. The van der Waals surface area contributed by atoms with Gasteiger partial charge in [0.05, 0.1) is 10.6 Å². The highest BCUT2D eigenvalue weighted by atomic mass is 32.1. The first kappa shape index (κ1) is 17.7. The van der Waals surface area contributed by atoms with Gasteiger partial charge in [-0.1, -0.05) is 30.3 Å². The second kappa shape index (κ2) is 7.50. The third-order valence-corrected chi connectivity index (χ3v) is 6.22. The van der Waals surface area contributed by atoms with Gasteiger partial charge in [-0.3, -0.25) is 10.1 Å². The molecule has 1 N–H and O–H groups in total. The maximum atomic E-state index is 12.4. The van der Waals surface area contributed by atoms with Crippen molar-refractivity contribution in [3.63, 3.8) is 0 Å². The molecule has 6 heteroatoms. The molecular formula is C21H18N2O2S2. The predicted octanol–water partition coefficient (Wildman–Crippen LogP) is 5.81. The summed E-state index contributed by atoms with van der Waals surface area (Å²) in [6.07, 6.45) is 0. The van der Waals surface area contributed by atoms with Gasteiger partial charge in [0.25, 0.3) is 5.91 Å². The lowest BCUT2D eigenvalue weighted by Crippen LogP contribution is -2.09. The topological polar surface area (TPSA) is 51.2 Å². The molecule has 0 spiro atoms. The SMILES string of the molecule is Cc1nc(NC(=O)c2cc(COc3ccc4ccccc4c3)cs2)sc1C.